The maximum Gasteiger partial charge on any atom is 0.259 e. The predicted octanol–water partition coefficient (Wildman–Crippen LogP) is 1.53. The lowest BCUT2D eigenvalue weighted by Gasteiger charge is -2.33. The van der Waals surface area contributed by atoms with Gasteiger partial charge in [0.05, 0.1) is 12.7 Å². The molecular weight excluding hydrogens is 278 g/mol. The number of pyridine rings is 1. The van der Waals surface area contributed by atoms with E-state index in [9.17, 15) is 4.79 Å². The molecule has 1 aliphatic heterocycles. The van der Waals surface area contributed by atoms with Gasteiger partial charge in [-0.25, -0.2) is 4.98 Å². The third-order valence-electron chi connectivity index (χ3n) is 3.45. The topological polar surface area (TPSA) is 46.8 Å². The summed E-state index contributed by atoms with van der Waals surface area (Å²) in [6.45, 7) is 2.10. The molecule has 0 saturated carbocycles. The molecule has 1 saturated heterocycles. The Morgan fingerprint density at radius 3 is 3.20 bits per heavy atom. The molecule has 0 aromatic carbocycles. The van der Waals surface area contributed by atoms with Gasteiger partial charge in [-0.05, 0) is 18.6 Å². The summed E-state index contributed by atoms with van der Waals surface area (Å²) in [6, 6.07) is 7.11. The van der Waals surface area contributed by atoms with Gasteiger partial charge in [-0.15, -0.1) is 11.6 Å². The fourth-order valence-electron chi connectivity index (χ4n) is 2.43. The van der Waals surface area contributed by atoms with Gasteiger partial charge >= 0.3 is 0 Å². The van der Waals surface area contributed by atoms with Gasteiger partial charge in [0.25, 0.3) is 5.56 Å². The number of morpholine rings is 1. The molecule has 1 unspecified atom stereocenters. The molecule has 106 valence electrons. The summed E-state index contributed by atoms with van der Waals surface area (Å²) in [5.41, 5.74) is 0.598. The maximum absolute atomic E-state index is 12.1. The van der Waals surface area contributed by atoms with Crippen LogP contribution in [0.2, 0.25) is 0 Å². The van der Waals surface area contributed by atoms with Crippen molar-refractivity contribution in [3.05, 3.63) is 40.8 Å². The van der Waals surface area contributed by atoms with Gasteiger partial charge in [-0.2, -0.15) is 0 Å². The van der Waals surface area contributed by atoms with Crippen molar-refractivity contribution in [2.24, 2.45) is 0 Å². The Morgan fingerprint density at radius 1 is 1.45 bits per heavy atom. The fourth-order valence-corrected chi connectivity index (χ4v) is 2.67. The summed E-state index contributed by atoms with van der Waals surface area (Å²) in [7, 11) is 0. The van der Waals surface area contributed by atoms with Gasteiger partial charge in [0.2, 0.25) is 0 Å². The van der Waals surface area contributed by atoms with Crippen molar-refractivity contribution in [2.45, 2.75) is 12.5 Å². The van der Waals surface area contributed by atoms with Crippen molar-refractivity contribution < 1.29 is 4.74 Å². The number of rotatable bonds is 3. The fraction of sp³-hybridized carbons (Fsp3) is 0.429. The van der Waals surface area contributed by atoms with E-state index in [1.165, 1.54) is 0 Å². The molecule has 0 aliphatic carbocycles. The molecule has 0 radical (unpaired) electrons. The van der Waals surface area contributed by atoms with Crippen LogP contribution in [0.5, 0.6) is 0 Å². The van der Waals surface area contributed by atoms with E-state index < -0.39 is 0 Å². The first-order chi connectivity index (χ1) is 9.78. The quantitative estimate of drug-likeness (QED) is 0.805. The van der Waals surface area contributed by atoms with Crippen LogP contribution in [-0.4, -0.2) is 41.1 Å². The third-order valence-corrected chi connectivity index (χ3v) is 3.67. The number of aromatic nitrogens is 2. The van der Waals surface area contributed by atoms with Crippen LogP contribution < -0.4 is 10.5 Å². The van der Waals surface area contributed by atoms with E-state index in [0.29, 0.717) is 24.0 Å². The average molecular weight is 294 g/mol. The van der Waals surface area contributed by atoms with Crippen molar-refractivity contribution in [1.82, 2.24) is 9.38 Å². The minimum absolute atomic E-state index is 0.0639. The van der Waals surface area contributed by atoms with E-state index in [2.05, 4.69) is 9.88 Å². The molecule has 3 rings (SSSR count). The van der Waals surface area contributed by atoms with E-state index in [0.717, 1.165) is 19.5 Å². The van der Waals surface area contributed by atoms with E-state index in [1.807, 2.05) is 18.2 Å². The molecular formula is C14H16ClN3O2. The predicted molar refractivity (Wildman–Crippen MR) is 78.8 cm³/mol. The molecule has 1 aliphatic rings. The Balaban J connectivity index is 1.92. The second-order valence-electron chi connectivity index (χ2n) is 4.80. The summed E-state index contributed by atoms with van der Waals surface area (Å²) in [6.07, 6.45) is 2.64. The Labute approximate surface area is 121 Å². The van der Waals surface area contributed by atoms with Crippen LogP contribution in [0.1, 0.15) is 6.42 Å². The highest BCUT2D eigenvalue weighted by atomic mass is 35.5. The highest BCUT2D eigenvalue weighted by Gasteiger charge is 2.21. The molecule has 0 spiro atoms. The molecule has 0 amide bonds. The maximum atomic E-state index is 12.1. The number of anilines is 1. The summed E-state index contributed by atoms with van der Waals surface area (Å²) >= 11 is 5.76. The molecule has 2 aromatic rings. The number of nitrogens with zero attached hydrogens (tertiary/aromatic N) is 3. The van der Waals surface area contributed by atoms with Crippen LogP contribution in [0.15, 0.2) is 35.3 Å². The zero-order valence-corrected chi connectivity index (χ0v) is 11.8. The summed E-state index contributed by atoms with van der Waals surface area (Å²) < 4.78 is 7.19. The Bertz CT molecular complexity index is 656. The summed E-state index contributed by atoms with van der Waals surface area (Å²) in [5, 5.41) is 0. The van der Waals surface area contributed by atoms with Crippen molar-refractivity contribution in [3.63, 3.8) is 0 Å². The lowest BCUT2D eigenvalue weighted by molar-refractivity contribution is 0.0387. The SMILES string of the molecule is O=c1cc(N2CCOC(CCCl)C2)nc2ccccn12. The molecule has 6 heteroatoms. The first-order valence-corrected chi connectivity index (χ1v) is 7.22. The Morgan fingerprint density at radius 2 is 2.35 bits per heavy atom. The van der Waals surface area contributed by atoms with Crippen molar-refractivity contribution in [2.75, 3.05) is 30.5 Å². The van der Waals surface area contributed by atoms with Gasteiger partial charge in [0.1, 0.15) is 11.5 Å². The molecule has 1 atom stereocenters. The Hall–Kier alpha value is -1.59. The zero-order chi connectivity index (χ0) is 13.9. The molecule has 0 bridgehead atoms. The van der Waals surface area contributed by atoms with E-state index in [4.69, 9.17) is 16.3 Å². The van der Waals surface area contributed by atoms with E-state index in [1.54, 1.807) is 16.7 Å². The van der Waals surface area contributed by atoms with Crippen LogP contribution in [0.3, 0.4) is 0 Å². The van der Waals surface area contributed by atoms with Crippen LogP contribution >= 0.6 is 11.6 Å². The monoisotopic (exact) mass is 293 g/mol. The zero-order valence-electron chi connectivity index (χ0n) is 11.0. The lowest BCUT2D eigenvalue weighted by atomic mass is 10.2. The number of halogens is 1. The molecule has 3 heterocycles. The number of hydrogen-bond donors (Lipinski definition) is 0. The van der Waals surface area contributed by atoms with Crippen LogP contribution in [0, 0.1) is 0 Å². The van der Waals surface area contributed by atoms with Gasteiger partial charge in [0, 0.05) is 31.2 Å². The van der Waals surface area contributed by atoms with Gasteiger partial charge in [-0.1, -0.05) is 6.07 Å². The van der Waals surface area contributed by atoms with E-state index >= 15 is 0 Å². The standard InChI is InChI=1S/C14H16ClN3O2/c15-5-4-11-10-17(7-8-20-11)13-9-14(19)18-6-2-1-3-12(18)16-13/h1-3,6,9,11H,4-5,7-8,10H2. The minimum Gasteiger partial charge on any atom is -0.374 e. The molecule has 1 fully saturated rings. The van der Waals surface area contributed by atoms with Crippen LogP contribution in [0.25, 0.3) is 5.65 Å². The average Bonchev–Trinajstić information content (AvgIpc) is 2.48. The first kappa shape index (κ1) is 13.4. The number of hydrogen-bond acceptors (Lipinski definition) is 4. The second-order valence-corrected chi connectivity index (χ2v) is 5.18. The highest BCUT2D eigenvalue weighted by Crippen LogP contribution is 2.16. The largest absolute Gasteiger partial charge is 0.374 e. The summed E-state index contributed by atoms with van der Waals surface area (Å²) in [5.74, 6) is 1.29. The highest BCUT2D eigenvalue weighted by molar-refractivity contribution is 6.17. The van der Waals surface area contributed by atoms with Gasteiger partial charge in [-0.3, -0.25) is 9.20 Å². The lowest BCUT2D eigenvalue weighted by Crippen LogP contribution is -2.43. The van der Waals surface area contributed by atoms with Crippen molar-refractivity contribution in [1.29, 1.82) is 0 Å². The number of fused-ring (bicyclic) bond motifs is 1. The number of ether oxygens (including phenoxy) is 1. The van der Waals surface area contributed by atoms with Gasteiger partial charge in [0.15, 0.2) is 0 Å². The minimum atomic E-state index is -0.0639. The molecule has 2 aromatic heterocycles. The normalized spacial score (nSPS) is 19.4. The van der Waals surface area contributed by atoms with Crippen molar-refractivity contribution >= 4 is 23.1 Å². The van der Waals surface area contributed by atoms with E-state index in [-0.39, 0.29) is 11.7 Å². The molecule has 5 nitrogen and oxygen atoms in total. The molecule has 0 N–H and O–H groups in total. The molecule has 20 heavy (non-hydrogen) atoms. The number of alkyl halides is 1. The third kappa shape index (κ3) is 2.64. The Kier molecular flexibility index (Phi) is 3.89. The van der Waals surface area contributed by atoms with Gasteiger partial charge < -0.3 is 9.64 Å². The summed E-state index contributed by atoms with van der Waals surface area (Å²) in [4.78, 5) is 18.7. The van der Waals surface area contributed by atoms with Crippen LogP contribution in [-0.2, 0) is 4.74 Å². The second kappa shape index (κ2) is 5.81. The first-order valence-electron chi connectivity index (χ1n) is 6.69. The van der Waals surface area contributed by atoms with Crippen molar-refractivity contribution in [3.8, 4) is 0 Å². The van der Waals surface area contributed by atoms with Crippen LogP contribution in [0.4, 0.5) is 5.82 Å². The smallest absolute Gasteiger partial charge is 0.259 e.